The second kappa shape index (κ2) is 9.42. The highest BCUT2D eigenvalue weighted by atomic mass is 127. The largest absolute Gasteiger partial charge is 0.485 e. The molecule has 0 saturated carbocycles. The molecule has 0 amide bonds. The molecule has 0 fully saturated rings. The zero-order valence-corrected chi connectivity index (χ0v) is 13.4. The molecule has 2 heteroatoms. The van der Waals surface area contributed by atoms with Crippen molar-refractivity contribution < 1.29 is 4.74 Å². The lowest BCUT2D eigenvalue weighted by atomic mass is 10.1. The van der Waals surface area contributed by atoms with Crippen LogP contribution in [-0.2, 0) is 0 Å². The van der Waals surface area contributed by atoms with Gasteiger partial charge in [-0.1, -0.05) is 57.4 Å². The van der Waals surface area contributed by atoms with Gasteiger partial charge < -0.3 is 4.74 Å². The fraction of sp³-hybridized carbons (Fsp3) is 0.500. The van der Waals surface area contributed by atoms with Gasteiger partial charge in [-0.3, -0.25) is 0 Å². The third-order valence-electron chi connectivity index (χ3n) is 2.97. The minimum absolute atomic E-state index is 0.141. The first-order valence-corrected chi connectivity index (χ1v) is 7.89. The molecule has 1 atom stereocenters. The highest BCUT2D eigenvalue weighted by molar-refractivity contribution is 14.1. The summed E-state index contributed by atoms with van der Waals surface area (Å²) >= 11 is 2.31. The number of unbranched alkanes of at least 4 members (excludes halogenated alkanes) is 4. The highest BCUT2D eigenvalue weighted by Crippen LogP contribution is 2.22. The van der Waals surface area contributed by atoms with E-state index in [4.69, 9.17) is 4.74 Å². The number of ether oxygens (including phenoxy) is 1. The SMILES string of the molecule is C=CC(CCCCCCC)Oc1ccccc1I. The Morgan fingerprint density at radius 3 is 2.61 bits per heavy atom. The Morgan fingerprint density at radius 2 is 1.94 bits per heavy atom. The van der Waals surface area contributed by atoms with Crippen molar-refractivity contribution in [2.24, 2.45) is 0 Å². The van der Waals surface area contributed by atoms with Crippen LogP contribution in [0.3, 0.4) is 0 Å². The van der Waals surface area contributed by atoms with Crippen LogP contribution in [0.4, 0.5) is 0 Å². The molecule has 1 aromatic carbocycles. The number of rotatable bonds is 9. The van der Waals surface area contributed by atoms with E-state index in [0.717, 1.165) is 15.7 Å². The van der Waals surface area contributed by atoms with Gasteiger partial charge in [0.05, 0.1) is 3.57 Å². The van der Waals surface area contributed by atoms with Crippen molar-refractivity contribution in [2.45, 2.75) is 51.6 Å². The summed E-state index contributed by atoms with van der Waals surface area (Å²) in [6.45, 7) is 6.12. The molecule has 0 aliphatic heterocycles. The summed E-state index contributed by atoms with van der Waals surface area (Å²) in [4.78, 5) is 0. The zero-order valence-electron chi connectivity index (χ0n) is 11.2. The molecule has 0 aromatic heterocycles. The van der Waals surface area contributed by atoms with Gasteiger partial charge in [-0.2, -0.15) is 0 Å². The molecule has 0 saturated heterocycles. The maximum absolute atomic E-state index is 5.98. The van der Waals surface area contributed by atoms with Gasteiger partial charge in [0.2, 0.25) is 0 Å². The normalized spacial score (nSPS) is 12.1. The van der Waals surface area contributed by atoms with Crippen LogP contribution in [0.1, 0.15) is 45.4 Å². The minimum Gasteiger partial charge on any atom is -0.485 e. The van der Waals surface area contributed by atoms with E-state index < -0.39 is 0 Å². The smallest absolute Gasteiger partial charge is 0.133 e. The van der Waals surface area contributed by atoms with Crippen molar-refractivity contribution in [3.05, 3.63) is 40.5 Å². The molecule has 0 aliphatic rings. The van der Waals surface area contributed by atoms with E-state index in [0.29, 0.717) is 0 Å². The molecule has 1 nitrogen and oxygen atoms in total. The number of hydrogen-bond acceptors (Lipinski definition) is 1. The fourth-order valence-electron chi connectivity index (χ4n) is 1.88. The van der Waals surface area contributed by atoms with Crippen molar-refractivity contribution >= 4 is 22.6 Å². The van der Waals surface area contributed by atoms with Gasteiger partial charge in [0.25, 0.3) is 0 Å². The lowest BCUT2D eigenvalue weighted by molar-refractivity contribution is 0.232. The van der Waals surface area contributed by atoms with Crippen LogP contribution in [0.2, 0.25) is 0 Å². The van der Waals surface area contributed by atoms with Gasteiger partial charge in [-0.05, 0) is 47.6 Å². The first-order chi connectivity index (χ1) is 8.77. The van der Waals surface area contributed by atoms with Crippen LogP contribution in [-0.4, -0.2) is 6.10 Å². The van der Waals surface area contributed by atoms with Crippen LogP contribution in [0.5, 0.6) is 5.75 Å². The third-order valence-corrected chi connectivity index (χ3v) is 3.86. The summed E-state index contributed by atoms with van der Waals surface area (Å²) in [7, 11) is 0. The summed E-state index contributed by atoms with van der Waals surface area (Å²) in [6, 6.07) is 8.13. The Balaban J connectivity index is 2.33. The molecular formula is C16H23IO. The summed E-state index contributed by atoms with van der Waals surface area (Å²) in [5.74, 6) is 0.969. The van der Waals surface area contributed by atoms with Gasteiger partial charge in [0.1, 0.15) is 11.9 Å². The Morgan fingerprint density at radius 1 is 1.22 bits per heavy atom. The molecule has 0 radical (unpaired) electrons. The van der Waals surface area contributed by atoms with Gasteiger partial charge >= 0.3 is 0 Å². The van der Waals surface area contributed by atoms with E-state index in [9.17, 15) is 0 Å². The summed E-state index contributed by atoms with van der Waals surface area (Å²) in [6.07, 6.45) is 9.63. The lowest BCUT2D eigenvalue weighted by Gasteiger charge is -2.16. The van der Waals surface area contributed by atoms with Crippen molar-refractivity contribution in [3.63, 3.8) is 0 Å². The fourth-order valence-corrected chi connectivity index (χ4v) is 2.39. The number of halogens is 1. The summed E-state index contributed by atoms with van der Waals surface area (Å²) in [5, 5.41) is 0. The maximum atomic E-state index is 5.98. The minimum atomic E-state index is 0.141. The second-order valence-corrected chi connectivity index (χ2v) is 5.69. The molecular weight excluding hydrogens is 335 g/mol. The summed E-state index contributed by atoms with van der Waals surface area (Å²) < 4.78 is 7.14. The average molecular weight is 358 g/mol. The summed E-state index contributed by atoms with van der Waals surface area (Å²) in [5.41, 5.74) is 0. The lowest BCUT2D eigenvalue weighted by Crippen LogP contribution is -2.13. The third kappa shape index (κ3) is 5.89. The molecule has 0 N–H and O–H groups in total. The quantitative estimate of drug-likeness (QED) is 0.318. The van der Waals surface area contributed by atoms with Crippen molar-refractivity contribution in [1.29, 1.82) is 0 Å². The Kier molecular flexibility index (Phi) is 8.14. The van der Waals surface area contributed by atoms with Crippen molar-refractivity contribution in [1.82, 2.24) is 0 Å². The van der Waals surface area contributed by atoms with E-state index in [1.54, 1.807) is 0 Å². The van der Waals surface area contributed by atoms with E-state index in [1.807, 2.05) is 24.3 Å². The number of hydrogen-bond donors (Lipinski definition) is 0. The van der Waals surface area contributed by atoms with Crippen molar-refractivity contribution in [2.75, 3.05) is 0 Å². The molecule has 1 aromatic rings. The van der Waals surface area contributed by atoms with Gasteiger partial charge in [-0.25, -0.2) is 0 Å². The number of para-hydroxylation sites is 1. The van der Waals surface area contributed by atoms with Crippen LogP contribution in [0.15, 0.2) is 36.9 Å². The van der Waals surface area contributed by atoms with E-state index in [1.165, 1.54) is 32.1 Å². The molecule has 1 unspecified atom stereocenters. The Labute approximate surface area is 125 Å². The predicted octanol–water partition coefficient (Wildman–Crippen LogP) is 5.59. The van der Waals surface area contributed by atoms with Crippen LogP contribution < -0.4 is 4.74 Å². The van der Waals surface area contributed by atoms with E-state index in [-0.39, 0.29) is 6.10 Å². The van der Waals surface area contributed by atoms with E-state index in [2.05, 4.69) is 42.2 Å². The first-order valence-electron chi connectivity index (χ1n) is 6.81. The van der Waals surface area contributed by atoms with Gasteiger partial charge in [0, 0.05) is 0 Å². The molecule has 0 spiro atoms. The monoisotopic (exact) mass is 358 g/mol. The molecule has 100 valence electrons. The molecule has 18 heavy (non-hydrogen) atoms. The topological polar surface area (TPSA) is 9.23 Å². The highest BCUT2D eigenvalue weighted by Gasteiger charge is 2.07. The molecule has 1 rings (SSSR count). The van der Waals surface area contributed by atoms with Crippen LogP contribution in [0.25, 0.3) is 0 Å². The number of benzene rings is 1. The van der Waals surface area contributed by atoms with Gasteiger partial charge in [-0.15, -0.1) is 0 Å². The molecule has 0 bridgehead atoms. The van der Waals surface area contributed by atoms with Crippen LogP contribution in [0, 0.1) is 3.57 Å². The maximum Gasteiger partial charge on any atom is 0.133 e. The Hall–Kier alpha value is -0.510. The van der Waals surface area contributed by atoms with Crippen LogP contribution >= 0.6 is 22.6 Å². The first kappa shape index (κ1) is 15.5. The zero-order chi connectivity index (χ0) is 13.2. The van der Waals surface area contributed by atoms with E-state index >= 15 is 0 Å². The molecule has 0 aliphatic carbocycles. The molecule has 0 heterocycles. The second-order valence-electron chi connectivity index (χ2n) is 4.53. The van der Waals surface area contributed by atoms with Crippen molar-refractivity contribution in [3.8, 4) is 5.75 Å². The standard InChI is InChI=1S/C16H23IO/c1-3-5-6-7-8-11-14(4-2)18-16-13-10-9-12-15(16)17/h4,9-10,12-14H,2-3,5-8,11H2,1H3. The van der Waals surface area contributed by atoms with Gasteiger partial charge in [0.15, 0.2) is 0 Å². The predicted molar refractivity (Wildman–Crippen MR) is 87.1 cm³/mol. The average Bonchev–Trinajstić information content (AvgIpc) is 2.39. The Bertz CT molecular complexity index is 349.